The van der Waals surface area contributed by atoms with Crippen LogP contribution in [0.5, 0.6) is 23.0 Å². The Labute approximate surface area is 518 Å². The van der Waals surface area contributed by atoms with Gasteiger partial charge in [0.1, 0.15) is 23.0 Å². The number of carboxylic acids is 1. The first-order valence-electron chi connectivity index (χ1n) is 30.9. The van der Waals surface area contributed by atoms with Crippen molar-refractivity contribution in [1.29, 1.82) is 0 Å². The summed E-state index contributed by atoms with van der Waals surface area (Å²) >= 11 is 0. The van der Waals surface area contributed by atoms with Gasteiger partial charge in [-0.2, -0.15) is 26.3 Å². The number of fused-ring (bicyclic) bond motifs is 8. The molecule has 6 aromatic rings. The van der Waals surface area contributed by atoms with E-state index in [9.17, 15) is 36.2 Å². The number of halogens is 6. The zero-order chi connectivity index (χ0) is 65.2. The number of methoxy groups -OCH3 is 4. The Kier molecular flexibility index (Phi) is 15.1. The molecule has 472 valence electrons. The van der Waals surface area contributed by atoms with Gasteiger partial charge in [-0.15, -0.1) is 0 Å². The monoisotopic (exact) mass is 1210 g/mol. The molecule has 0 amide bonds. The van der Waals surface area contributed by atoms with Crippen LogP contribution in [0.4, 0.5) is 26.3 Å². The van der Waals surface area contributed by atoms with Crippen molar-refractivity contribution in [2.45, 2.75) is 211 Å². The highest BCUT2D eigenvalue weighted by atomic mass is 19.4. The van der Waals surface area contributed by atoms with Crippen LogP contribution in [0.3, 0.4) is 0 Å². The molecule has 12 heteroatoms. The van der Waals surface area contributed by atoms with Crippen molar-refractivity contribution in [2.75, 3.05) is 28.4 Å². The highest BCUT2D eigenvalue weighted by molar-refractivity contribution is 5.87. The number of aromatic carboxylic acids is 1. The molecule has 5 unspecified atom stereocenters. The maximum Gasteiger partial charge on any atom is 0.416 e. The molecule has 5 atom stereocenters. The van der Waals surface area contributed by atoms with Crippen LogP contribution in [0.2, 0.25) is 0 Å². The first-order chi connectivity index (χ1) is 40.3. The molecule has 0 fully saturated rings. The van der Waals surface area contributed by atoms with Gasteiger partial charge in [0.15, 0.2) is 0 Å². The standard InChI is InChI=1S/C76H90F6O6/c1-41(72(16,17)64(42-22-24-43(25-23-42)65(83)84)49-31-52-56(35-61(49)87-20)74(39-70(52,12)13)40-71(14,15)53-32-58(66(2,3)4)62(88-21)36-57(53)74)47-29-50-54(33-59(47)85-18)73(37-68(50,8)9)38-69(10,11)51-30-48(60(86-19)34-55(51)73)63(67(5,6)7)44-26-45(75(77,78)79)28-46(27-44)76(80,81)82/h22-36,41,63-64H,37-40H2,1-21H3,(H,83,84). The van der Waals surface area contributed by atoms with E-state index in [1.807, 2.05) is 45.0 Å². The number of rotatable bonds is 12. The van der Waals surface area contributed by atoms with Crippen molar-refractivity contribution < 1.29 is 55.2 Å². The van der Waals surface area contributed by atoms with Gasteiger partial charge in [0.2, 0.25) is 0 Å². The van der Waals surface area contributed by atoms with Crippen LogP contribution in [0.25, 0.3) is 0 Å². The van der Waals surface area contributed by atoms with Gasteiger partial charge in [0.05, 0.1) is 45.1 Å². The molecule has 4 aliphatic carbocycles. The van der Waals surface area contributed by atoms with Crippen molar-refractivity contribution in [2.24, 2.45) is 10.8 Å². The summed E-state index contributed by atoms with van der Waals surface area (Å²) < 4.78 is 113. The molecule has 6 aromatic carbocycles. The first-order valence-corrected chi connectivity index (χ1v) is 30.9. The van der Waals surface area contributed by atoms with E-state index in [1.54, 1.807) is 33.5 Å². The van der Waals surface area contributed by atoms with E-state index in [0.29, 0.717) is 29.9 Å². The van der Waals surface area contributed by atoms with Gasteiger partial charge in [0, 0.05) is 33.8 Å². The SMILES string of the molecule is COc1cc2c(cc1C(c1cc(C(F)(F)F)cc(C(F)(F)F)c1)C(C)(C)C)C(C)(C)CC21CC(C)(C)c2cc(C(C)C(C)(C)C(c3ccc(C(=O)O)cc3)c3cc4c(cc3OC)C3(CC4(C)C)CC(C)(C)c4cc(C(C)(C)C)c(OC)cc43)c(OC)cc21. The van der Waals surface area contributed by atoms with E-state index in [4.69, 9.17) is 18.9 Å². The van der Waals surface area contributed by atoms with E-state index in [2.05, 4.69) is 133 Å². The van der Waals surface area contributed by atoms with Crippen molar-refractivity contribution >= 4 is 5.97 Å². The highest BCUT2D eigenvalue weighted by Gasteiger charge is 2.60. The van der Waals surface area contributed by atoms with E-state index in [-0.39, 0.29) is 50.7 Å². The Bertz CT molecular complexity index is 3760. The van der Waals surface area contributed by atoms with Crippen molar-refractivity contribution in [1.82, 2.24) is 0 Å². The third-order valence-electron chi connectivity index (χ3n) is 21.5. The molecule has 0 saturated heterocycles. The average Bonchev–Trinajstić information content (AvgIpc) is 1.53. The summed E-state index contributed by atoms with van der Waals surface area (Å²) in [4.78, 5) is 12.4. The second-order valence-electron chi connectivity index (χ2n) is 31.7. The lowest BCUT2D eigenvalue weighted by molar-refractivity contribution is -0.143. The third kappa shape index (κ3) is 10.2. The third-order valence-corrected chi connectivity index (χ3v) is 21.5. The lowest BCUT2D eigenvalue weighted by Crippen LogP contribution is -2.30. The number of carbonyl (C=O) groups is 1. The van der Waals surface area contributed by atoms with Gasteiger partial charge in [-0.05, 0) is 191 Å². The second-order valence-corrected chi connectivity index (χ2v) is 31.7. The predicted octanol–water partition coefficient (Wildman–Crippen LogP) is 20.2. The lowest BCUT2D eigenvalue weighted by Gasteiger charge is -2.42. The molecular weight excluding hydrogens is 1120 g/mol. The predicted molar refractivity (Wildman–Crippen MR) is 338 cm³/mol. The summed E-state index contributed by atoms with van der Waals surface area (Å²) in [6, 6.07) is 27.2. The van der Waals surface area contributed by atoms with Crippen molar-refractivity contribution in [3.05, 3.63) is 186 Å². The molecule has 10 rings (SSSR count). The Hall–Kier alpha value is -6.43. The topological polar surface area (TPSA) is 74.2 Å². The summed E-state index contributed by atoms with van der Waals surface area (Å²) in [7, 11) is 6.73. The van der Waals surface area contributed by atoms with Crippen molar-refractivity contribution in [3.63, 3.8) is 0 Å². The maximum atomic E-state index is 14.5. The van der Waals surface area contributed by atoms with E-state index in [0.717, 1.165) is 75.4 Å². The smallest absolute Gasteiger partial charge is 0.416 e. The number of hydrogen-bond acceptors (Lipinski definition) is 5. The molecule has 0 heterocycles. The fourth-order valence-electron chi connectivity index (χ4n) is 17.6. The molecule has 88 heavy (non-hydrogen) atoms. The maximum absolute atomic E-state index is 14.5. The normalized spacial score (nSPS) is 21.6. The van der Waals surface area contributed by atoms with Gasteiger partial charge >= 0.3 is 18.3 Å². The van der Waals surface area contributed by atoms with Gasteiger partial charge in [-0.3, -0.25) is 0 Å². The number of hydrogen-bond donors (Lipinski definition) is 1. The van der Waals surface area contributed by atoms with Crippen LogP contribution in [-0.2, 0) is 50.3 Å². The molecule has 6 nitrogen and oxygen atoms in total. The molecule has 2 spiro atoms. The number of carboxylic acid groups (broad SMARTS) is 1. The largest absolute Gasteiger partial charge is 0.496 e. The van der Waals surface area contributed by atoms with Gasteiger partial charge < -0.3 is 24.1 Å². The van der Waals surface area contributed by atoms with Gasteiger partial charge in [0.25, 0.3) is 0 Å². The van der Waals surface area contributed by atoms with E-state index in [1.165, 1.54) is 34.9 Å². The van der Waals surface area contributed by atoms with Crippen LogP contribution in [-0.4, -0.2) is 39.5 Å². The first kappa shape index (κ1) is 64.6. The fraction of sp³-hybridized carbons (Fsp3) is 0.513. The van der Waals surface area contributed by atoms with Gasteiger partial charge in [-0.1, -0.05) is 154 Å². The van der Waals surface area contributed by atoms with Crippen LogP contribution >= 0.6 is 0 Å². The number of benzene rings is 6. The Morgan fingerprint density at radius 3 is 1.12 bits per heavy atom. The molecular formula is C76H90F6O6. The summed E-state index contributed by atoms with van der Waals surface area (Å²) in [5.41, 5.74) is 7.60. The van der Waals surface area contributed by atoms with Crippen LogP contribution in [0.15, 0.2) is 91.0 Å². The quantitative estimate of drug-likeness (QED) is 0.123. The Morgan fingerprint density at radius 1 is 0.443 bits per heavy atom. The van der Waals surface area contributed by atoms with E-state index >= 15 is 0 Å². The summed E-state index contributed by atoms with van der Waals surface area (Å²) in [6.07, 6.45) is -6.86. The molecule has 4 aliphatic rings. The zero-order valence-electron chi connectivity index (χ0n) is 55.5. The molecule has 0 radical (unpaired) electrons. The molecule has 1 N–H and O–H groups in total. The molecule has 0 bridgehead atoms. The Morgan fingerprint density at radius 2 is 0.784 bits per heavy atom. The lowest BCUT2D eigenvalue weighted by atomic mass is 9.62. The molecule has 0 aliphatic heterocycles. The minimum absolute atomic E-state index is 0.0955. The minimum Gasteiger partial charge on any atom is -0.496 e. The Balaban J connectivity index is 1.13. The van der Waals surface area contributed by atoms with Gasteiger partial charge in [-0.25, -0.2) is 4.79 Å². The summed E-state index contributed by atoms with van der Waals surface area (Å²) in [5, 5.41) is 10.2. The summed E-state index contributed by atoms with van der Waals surface area (Å²) in [6.45, 7) is 37.3. The van der Waals surface area contributed by atoms with Crippen molar-refractivity contribution in [3.8, 4) is 23.0 Å². The van der Waals surface area contributed by atoms with E-state index < -0.39 is 62.4 Å². The number of alkyl halides is 6. The van der Waals surface area contributed by atoms with Crippen LogP contribution in [0.1, 0.15) is 261 Å². The fourth-order valence-corrected chi connectivity index (χ4v) is 17.6. The molecule has 0 saturated carbocycles. The average molecular weight is 1210 g/mol. The van der Waals surface area contributed by atoms with Crippen LogP contribution in [0, 0.1) is 10.8 Å². The zero-order valence-corrected chi connectivity index (χ0v) is 55.5. The molecule has 0 aromatic heterocycles. The highest BCUT2D eigenvalue weighted by Crippen LogP contribution is 2.68. The number of ether oxygens (including phenoxy) is 4. The van der Waals surface area contributed by atoms with Crippen LogP contribution < -0.4 is 18.9 Å². The summed E-state index contributed by atoms with van der Waals surface area (Å²) in [5.74, 6) is 0.277. The minimum atomic E-state index is -5.02. The second kappa shape index (κ2) is 20.5.